The average molecular weight is 344 g/mol. The number of piperidine rings is 1. The van der Waals surface area contributed by atoms with Gasteiger partial charge in [-0.1, -0.05) is 42.5 Å². The third kappa shape index (κ3) is 2.65. The molecular formula is C21H20N4O. The molecule has 1 spiro atoms. The summed E-state index contributed by atoms with van der Waals surface area (Å²) in [6.07, 6.45) is 4.30. The highest BCUT2D eigenvalue weighted by molar-refractivity contribution is 6.00. The van der Waals surface area contributed by atoms with Gasteiger partial charge in [-0.05, 0) is 36.4 Å². The molecule has 5 heteroatoms. The number of para-hydroxylation sites is 1. The quantitative estimate of drug-likeness (QED) is 0.901. The van der Waals surface area contributed by atoms with Crippen molar-refractivity contribution in [2.24, 2.45) is 15.2 Å². The van der Waals surface area contributed by atoms with E-state index >= 15 is 0 Å². The number of aliphatic imine (C=N–C) groups is 1. The summed E-state index contributed by atoms with van der Waals surface area (Å²) in [5, 5.41) is 11.4. The van der Waals surface area contributed by atoms with E-state index in [1.807, 2.05) is 6.07 Å². The van der Waals surface area contributed by atoms with Crippen LogP contribution in [0.25, 0.3) is 5.57 Å². The van der Waals surface area contributed by atoms with E-state index in [-0.39, 0.29) is 5.60 Å². The second kappa shape index (κ2) is 6.18. The molecule has 1 saturated heterocycles. The van der Waals surface area contributed by atoms with Crippen molar-refractivity contribution < 1.29 is 4.74 Å². The van der Waals surface area contributed by atoms with Crippen LogP contribution < -0.4 is 10.1 Å². The molecule has 3 aliphatic heterocycles. The predicted molar refractivity (Wildman–Crippen MR) is 102 cm³/mol. The van der Waals surface area contributed by atoms with Gasteiger partial charge in [0.05, 0.1) is 0 Å². The van der Waals surface area contributed by atoms with E-state index in [1.54, 1.807) is 0 Å². The smallest absolute Gasteiger partial charge is 0.178 e. The van der Waals surface area contributed by atoms with E-state index in [1.165, 1.54) is 11.1 Å². The van der Waals surface area contributed by atoms with Crippen LogP contribution in [0.15, 0.2) is 69.8 Å². The van der Waals surface area contributed by atoms with Crippen molar-refractivity contribution in [2.45, 2.75) is 18.4 Å². The fourth-order valence-corrected chi connectivity index (χ4v) is 3.88. The maximum atomic E-state index is 6.45. The Morgan fingerprint density at radius 2 is 1.69 bits per heavy atom. The summed E-state index contributed by atoms with van der Waals surface area (Å²) in [6, 6.07) is 16.8. The lowest BCUT2D eigenvalue weighted by Gasteiger charge is -2.40. The van der Waals surface area contributed by atoms with Crippen LogP contribution in [0, 0.1) is 0 Å². The van der Waals surface area contributed by atoms with Crippen LogP contribution >= 0.6 is 0 Å². The Labute approximate surface area is 152 Å². The summed E-state index contributed by atoms with van der Waals surface area (Å²) in [6.45, 7) is 2.40. The molecule has 0 atom stereocenters. The largest absolute Gasteiger partial charge is 0.482 e. The number of amidine groups is 1. The number of nitrogens with zero attached hydrogens (tertiary/aromatic N) is 3. The molecule has 2 aromatic rings. The first kappa shape index (κ1) is 15.5. The standard InChI is InChI=1S/C21H20N4O/c1-2-4-19-17(3-1)18(13-21(26-19)9-11-22-12-10-21)15-5-7-16(8-6-15)20-23-14-24-25-20/h1-8,13,22H,9-12,14H2. The first-order valence-corrected chi connectivity index (χ1v) is 9.08. The monoisotopic (exact) mass is 344 g/mol. The first-order chi connectivity index (χ1) is 12.8. The van der Waals surface area contributed by atoms with Gasteiger partial charge in [-0.15, -0.1) is 5.11 Å². The molecule has 0 amide bonds. The molecule has 130 valence electrons. The third-order valence-corrected chi connectivity index (χ3v) is 5.25. The summed E-state index contributed by atoms with van der Waals surface area (Å²) in [4.78, 5) is 4.29. The molecule has 0 aliphatic carbocycles. The van der Waals surface area contributed by atoms with E-state index in [0.717, 1.165) is 42.8 Å². The highest BCUT2D eigenvalue weighted by Crippen LogP contribution is 2.42. The van der Waals surface area contributed by atoms with Crippen molar-refractivity contribution in [3.8, 4) is 5.75 Å². The zero-order valence-corrected chi connectivity index (χ0v) is 14.5. The van der Waals surface area contributed by atoms with Gasteiger partial charge in [0.15, 0.2) is 12.5 Å². The number of azo groups is 1. The van der Waals surface area contributed by atoms with Gasteiger partial charge in [0.1, 0.15) is 11.4 Å². The SMILES string of the molecule is C1=C(c2ccc(C3=NCN=N3)cc2)c2ccccc2OC12CCNCC2. The minimum Gasteiger partial charge on any atom is -0.482 e. The fourth-order valence-electron chi connectivity index (χ4n) is 3.88. The van der Waals surface area contributed by atoms with Gasteiger partial charge in [0.2, 0.25) is 0 Å². The van der Waals surface area contributed by atoms with Crippen molar-refractivity contribution >= 4 is 11.4 Å². The Hall–Kier alpha value is -2.79. The van der Waals surface area contributed by atoms with E-state index in [4.69, 9.17) is 4.74 Å². The van der Waals surface area contributed by atoms with Gasteiger partial charge < -0.3 is 10.1 Å². The molecule has 0 aromatic heterocycles. The maximum absolute atomic E-state index is 6.45. The van der Waals surface area contributed by atoms with E-state index in [0.29, 0.717) is 12.5 Å². The van der Waals surface area contributed by atoms with E-state index in [9.17, 15) is 0 Å². The Balaban J connectivity index is 1.57. The van der Waals surface area contributed by atoms with Gasteiger partial charge in [0, 0.05) is 24.0 Å². The van der Waals surface area contributed by atoms with Gasteiger partial charge >= 0.3 is 0 Å². The summed E-state index contributed by atoms with van der Waals surface area (Å²) < 4.78 is 6.45. The Morgan fingerprint density at radius 3 is 2.46 bits per heavy atom. The molecule has 0 saturated carbocycles. The van der Waals surface area contributed by atoms with E-state index in [2.05, 4.69) is 69.1 Å². The molecule has 5 nitrogen and oxygen atoms in total. The molecule has 26 heavy (non-hydrogen) atoms. The minimum absolute atomic E-state index is 0.211. The van der Waals surface area contributed by atoms with Crippen molar-refractivity contribution in [3.05, 3.63) is 71.3 Å². The van der Waals surface area contributed by atoms with E-state index < -0.39 is 0 Å². The van der Waals surface area contributed by atoms with Crippen molar-refractivity contribution in [3.63, 3.8) is 0 Å². The topological polar surface area (TPSA) is 58.3 Å². The molecule has 0 radical (unpaired) electrons. The summed E-state index contributed by atoms with van der Waals surface area (Å²) >= 11 is 0. The molecule has 1 fully saturated rings. The Bertz CT molecular complexity index is 921. The van der Waals surface area contributed by atoms with Gasteiger partial charge in [0.25, 0.3) is 0 Å². The van der Waals surface area contributed by atoms with Gasteiger partial charge in [-0.3, -0.25) is 0 Å². The molecule has 3 aliphatic rings. The number of fused-ring (bicyclic) bond motifs is 1. The predicted octanol–water partition coefficient (Wildman–Crippen LogP) is 3.80. The summed E-state index contributed by atoms with van der Waals surface area (Å²) in [5.74, 6) is 1.69. The molecule has 2 aromatic carbocycles. The highest BCUT2D eigenvalue weighted by atomic mass is 16.5. The average Bonchev–Trinajstić information content (AvgIpc) is 3.23. The van der Waals surface area contributed by atoms with Crippen LogP contribution in [0.5, 0.6) is 5.75 Å². The molecule has 0 bridgehead atoms. The third-order valence-electron chi connectivity index (χ3n) is 5.25. The normalized spacial score (nSPS) is 20.3. The lowest BCUT2D eigenvalue weighted by Crippen LogP contribution is -2.46. The van der Waals surface area contributed by atoms with Crippen LogP contribution in [0.1, 0.15) is 29.5 Å². The molecule has 0 unspecified atom stereocenters. The number of hydrogen-bond acceptors (Lipinski definition) is 5. The summed E-state index contributed by atoms with van der Waals surface area (Å²) in [5.41, 5.74) is 4.39. The minimum atomic E-state index is -0.211. The molecule has 3 heterocycles. The lowest BCUT2D eigenvalue weighted by molar-refractivity contribution is 0.0817. The summed E-state index contributed by atoms with van der Waals surface area (Å²) in [7, 11) is 0. The fraction of sp³-hybridized carbons (Fsp3) is 0.286. The Kier molecular flexibility index (Phi) is 3.68. The molecule has 5 rings (SSSR count). The highest BCUT2D eigenvalue weighted by Gasteiger charge is 2.36. The van der Waals surface area contributed by atoms with Crippen molar-refractivity contribution in [1.29, 1.82) is 0 Å². The molecular weight excluding hydrogens is 324 g/mol. The van der Waals surface area contributed by atoms with Crippen LogP contribution in [0.2, 0.25) is 0 Å². The van der Waals surface area contributed by atoms with Crippen LogP contribution in [0.4, 0.5) is 0 Å². The number of ether oxygens (including phenoxy) is 1. The number of rotatable bonds is 2. The first-order valence-electron chi connectivity index (χ1n) is 9.08. The van der Waals surface area contributed by atoms with Crippen molar-refractivity contribution in [1.82, 2.24) is 5.32 Å². The second-order valence-electron chi connectivity index (χ2n) is 6.91. The zero-order chi connectivity index (χ0) is 17.4. The maximum Gasteiger partial charge on any atom is 0.178 e. The zero-order valence-electron chi connectivity index (χ0n) is 14.5. The number of benzene rings is 2. The van der Waals surface area contributed by atoms with Crippen LogP contribution in [-0.2, 0) is 0 Å². The van der Waals surface area contributed by atoms with Crippen LogP contribution in [0.3, 0.4) is 0 Å². The van der Waals surface area contributed by atoms with Gasteiger partial charge in [-0.2, -0.15) is 5.11 Å². The van der Waals surface area contributed by atoms with Gasteiger partial charge in [-0.25, -0.2) is 4.99 Å². The number of hydrogen-bond donors (Lipinski definition) is 1. The Morgan fingerprint density at radius 1 is 0.923 bits per heavy atom. The van der Waals surface area contributed by atoms with Crippen LogP contribution in [-0.4, -0.2) is 31.2 Å². The number of nitrogens with one attached hydrogen (secondary N) is 1. The van der Waals surface area contributed by atoms with Crippen molar-refractivity contribution in [2.75, 3.05) is 19.8 Å². The molecule has 1 N–H and O–H groups in total. The second-order valence-corrected chi connectivity index (χ2v) is 6.91. The lowest BCUT2D eigenvalue weighted by atomic mass is 9.83.